The van der Waals surface area contributed by atoms with Crippen molar-refractivity contribution in [1.29, 1.82) is 0 Å². The fourth-order valence-corrected chi connectivity index (χ4v) is 1.48. The van der Waals surface area contributed by atoms with Gasteiger partial charge in [-0.15, -0.1) is 0 Å². The SMILES string of the molecule is CCNC(=O)CNc1cc(OCC)cc([N+](=O)[O-])c1. The van der Waals surface area contributed by atoms with Crippen molar-refractivity contribution in [3.8, 4) is 5.75 Å². The maximum atomic E-state index is 11.3. The van der Waals surface area contributed by atoms with Crippen molar-refractivity contribution in [3.05, 3.63) is 28.3 Å². The summed E-state index contributed by atoms with van der Waals surface area (Å²) in [6.07, 6.45) is 0. The number of benzene rings is 1. The first-order valence-corrected chi connectivity index (χ1v) is 5.99. The molecule has 104 valence electrons. The maximum absolute atomic E-state index is 11.3. The number of non-ortho nitro benzene ring substituents is 1. The molecule has 0 aliphatic rings. The van der Waals surface area contributed by atoms with Gasteiger partial charge in [0.15, 0.2) is 0 Å². The number of carbonyl (C=O) groups excluding carboxylic acids is 1. The van der Waals surface area contributed by atoms with E-state index in [1.807, 2.05) is 6.92 Å². The third-order valence-electron chi connectivity index (χ3n) is 2.24. The highest BCUT2D eigenvalue weighted by Crippen LogP contribution is 2.25. The molecule has 0 unspecified atom stereocenters. The predicted molar refractivity (Wildman–Crippen MR) is 71.4 cm³/mol. The van der Waals surface area contributed by atoms with E-state index in [1.165, 1.54) is 12.1 Å². The van der Waals surface area contributed by atoms with Crippen LogP contribution in [0, 0.1) is 10.1 Å². The lowest BCUT2D eigenvalue weighted by Crippen LogP contribution is -2.29. The number of anilines is 1. The van der Waals surface area contributed by atoms with Crippen LogP contribution in [-0.4, -0.2) is 30.5 Å². The lowest BCUT2D eigenvalue weighted by molar-refractivity contribution is -0.384. The van der Waals surface area contributed by atoms with Crippen molar-refractivity contribution in [3.63, 3.8) is 0 Å². The summed E-state index contributed by atoms with van der Waals surface area (Å²) in [4.78, 5) is 21.6. The number of amides is 1. The second kappa shape index (κ2) is 7.20. The van der Waals surface area contributed by atoms with Crippen LogP contribution in [0.1, 0.15) is 13.8 Å². The highest BCUT2D eigenvalue weighted by Gasteiger charge is 2.11. The molecule has 1 rings (SSSR count). The summed E-state index contributed by atoms with van der Waals surface area (Å²) in [6, 6.07) is 4.33. The number of nitrogens with zero attached hydrogens (tertiary/aromatic N) is 1. The Hall–Kier alpha value is -2.31. The fraction of sp³-hybridized carbons (Fsp3) is 0.417. The van der Waals surface area contributed by atoms with Gasteiger partial charge in [-0.1, -0.05) is 0 Å². The van der Waals surface area contributed by atoms with Crippen molar-refractivity contribution in [2.24, 2.45) is 0 Å². The van der Waals surface area contributed by atoms with Crippen LogP contribution >= 0.6 is 0 Å². The summed E-state index contributed by atoms with van der Waals surface area (Å²) >= 11 is 0. The molecule has 0 bridgehead atoms. The first-order valence-electron chi connectivity index (χ1n) is 5.99. The molecule has 0 heterocycles. The molecule has 0 aliphatic heterocycles. The standard InChI is InChI=1S/C12H17N3O4/c1-3-13-12(16)8-14-9-5-10(15(17)18)7-11(6-9)19-4-2/h5-7,14H,3-4,8H2,1-2H3,(H,13,16). The van der Waals surface area contributed by atoms with Gasteiger partial charge < -0.3 is 15.4 Å². The van der Waals surface area contributed by atoms with E-state index in [4.69, 9.17) is 4.74 Å². The number of hydrogen-bond donors (Lipinski definition) is 2. The van der Waals surface area contributed by atoms with Crippen LogP contribution in [0.15, 0.2) is 18.2 Å². The number of ether oxygens (including phenoxy) is 1. The number of hydrogen-bond acceptors (Lipinski definition) is 5. The van der Waals surface area contributed by atoms with Gasteiger partial charge in [0.2, 0.25) is 5.91 Å². The zero-order valence-corrected chi connectivity index (χ0v) is 10.9. The van der Waals surface area contributed by atoms with Crippen LogP contribution in [-0.2, 0) is 4.79 Å². The molecule has 0 radical (unpaired) electrons. The number of nitro groups is 1. The van der Waals surface area contributed by atoms with Gasteiger partial charge in [-0.25, -0.2) is 0 Å². The lowest BCUT2D eigenvalue weighted by atomic mass is 10.2. The number of nitro benzene ring substituents is 1. The van der Waals surface area contributed by atoms with E-state index in [-0.39, 0.29) is 18.1 Å². The molecule has 0 saturated carbocycles. The number of carbonyl (C=O) groups is 1. The largest absolute Gasteiger partial charge is 0.494 e. The Morgan fingerprint density at radius 2 is 2.11 bits per heavy atom. The quantitative estimate of drug-likeness (QED) is 0.577. The van der Waals surface area contributed by atoms with E-state index < -0.39 is 4.92 Å². The molecule has 0 aliphatic carbocycles. The molecule has 1 aromatic carbocycles. The highest BCUT2D eigenvalue weighted by atomic mass is 16.6. The van der Waals surface area contributed by atoms with E-state index in [0.29, 0.717) is 24.6 Å². The Balaban J connectivity index is 2.81. The van der Waals surface area contributed by atoms with E-state index in [1.54, 1.807) is 13.0 Å². The van der Waals surface area contributed by atoms with Crippen LogP contribution in [0.3, 0.4) is 0 Å². The number of nitrogens with one attached hydrogen (secondary N) is 2. The normalized spacial score (nSPS) is 9.79. The zero-order chi connectivity index (χ0) is 14.3. The average molecular weight is 267 g/mol. The molecule has 1 amide bonds. The Morgan fingerprint density at radius 1 is 1.37 bits per heavy atom. The molecular weight excluding hydrogens is 250 g/mol. The summed E-state index contributed by atoms with van der Waals surface area (Å²) in [5, 5.41) is 16.2. The minimum atomic E-state index is -0.500. The van der Waals surface area contributed by atoms with E-state index in [0.717, 1.165) is 0 Å². The van der Waals surface area contributed by atoms with Gasteiger partial charge in [0.05, 0.1) is 24.1 Å². The Labute approximate surface area is 111 Å². The van der Waals surface area contributed by atoms with Gasteiger partial charge in [0, 0.05) is 24.4 Å². The van der Waals surface area contributed by atoms with Crippen LogP contribution in [0.5, 0.6) is 5.75 Å². The van der Waals surface area contributed by atoms with Gasteiger partial charge in [0.25, 0.3) is 5.69 Å². The average Bonchev–Trinajstić information content (AvgIpc) is 2.37. The molecule has 0 atom stereocenters. The summed E-state index contributed by atoms with van der Waals surface area (Å²) in [7, 11) is 0. The zero-order valence-electron chi connectivity index (χ0n) is 10.9. The number of rotatable bonds is 7. The molecule has 0 saturated heterocycles. The lowest BCUT2D eigenvalue weighted by Gasteiger charge is -2.09. The van der Waals surface area contributed by atoms with E-state index >= 15 is 0 Å². The molecule has 7 nitrogen and oxygen atoms in total. The minimum absolute atomic E-state index is 0.0561. The van der Waals surface area contributed by atoms with E-state index in [9.17, 15) is 14.9 Å². The summed E-state index contributed by atoms with van der Waals surface area (Å²) in [5.74, 6) is 0.224. The van der Waals surface area contributed by atoms with Gasteiger partial charge in [-0.3, -0.25) is 14.9 Å². The third-order valence-corrected chi connectivity index (χ3v) is 2.24. The van der Waals surface area contributed by atoms with Crippen molar-refractivity contribution in [1.82, 2.24) is 5.32 Å². The van der Waals surface area contributed by atoms with Gasteiger partial charge in [-0.05, 0) is 13.8 Å². The van der Waals surface area contributed by atoms with Crippen molar-refractivity contribution >= 4 is 17.3 Å². The predicted octanol–water partition coefficient (Wildman–Crippen LogP) is 1.54. The second-order valence-corrected chi connectivity index (χ2v) is 3.71. The maximum Gasteiger partial charge on any atom is 0.275 e. The second-order valence-electron chi connectivity index (χ2n) is 3.71. The monoisotopic (exact) mass is 267 g/mol. The molecule has 19 heavy (non-hydrogen) atoms. The van der Waals surface area contributed by atoms with Crippen LogP contribution in [0.2, 0.25) is 0 Å². The topological polar surface area (TPSA) is 93.5 Å². The first kappa shape index (κ1) is 14.7. The summed E-state index contributed by atoms with van der Waals surface area (Å²) < 4.78 is 5.25. The number of likely N-dealkylation sites (N-methyl/N-ethyl adjacent to an activating group) is 1. The van der Waals surface area contributed by atoms with Crippen LogP contribution < -0.4 is 15.4 Å². The van der Waals surface area contributed by atoms with Gasteiger partial charge in [0.1, 0.15) is 5.75 Å². The third kappa shape index (κ3) is 4.82. The smallest absolute Gasteiger partial charge is 0.275 e. The fourth-order valence-electron chi connectivity index (χ4n) is 1.48. The van der Waals surface area contributed by atoms with Gasteiger partial charge in [-0.2, -0.15) is 0 Å². The molecule has 0 spiro atoms. The van der Waals surface area contributed by atoms with Crippen molar-refractivity contribution in [2.75, 3.05) is 25.0 Å². The van der Waals surface area contributed by atoms with Crippen LogP contribution in [0.25, 0.3) is 0 Å². The molecule has 1 aromatic rings. The summed E-state index contributed by atoms with van der Waals surface area (Å²) in [6.45, 7) is 4.62. The summed E-state index contributed by atoms with van der Waals surface area (Å²) in [5.41, 5.74) is 0.397. The Kier molecular flexibility index (Phi) is 5.59. The molecule has 0 fully saturated rings. The molecule has 0 aromatic heterocycles. The molecular formula is C12H17N3O4. The van der Waals surface area contributed by atoms with Crippen molar-refractivity contribution in [2.45, 2.75) is 13.8 Å². The Bertz CT molecular complexity index is 462. The Morgan fingerprint density at radius 3 is 2.68 bits per heavy atom. The highest BCUT2D eigenvalue weighted by molar-refractivity contribution is 5.80. The molecule has 7 heteroatoms. The van der Waals surface area contributed by atoms with Crippen molar-refractivity contribution < 1.29 is 14.5 Å². The van der Waals surface area contributed by atoms with Gasteiger partial charge >= 0.3 is 0 Å². The first-order chi connectivity index (χ1) is 9.06. The minimum Gasteiger partial charge on any atom is -0.494 e. The molecule has 2 N–H and O–H groups in total. The van der Waals surface area contributed by atoms with Crippen LogP contribution in [0.4, 0.5) is 11.4 Å². The van der Waals surface area contributed by atoms with E-state index in [2.05, 4.69) is 10.6 Å².